The third-order valence-corrected chi connectivity index (χ3v) is 15.7. The van der Waals surface area contributed by atoms with Crippen molar-refractivity contribution in [2.75, 3.05) is 0 Å². The topological polar surface area (TPSA) is 0 Å². The van der Waals surface area contributed by atoms with E-state index in [9.17, 15) is 0 Å². The second-order valence-corrected chi connectivity index (χ2v) is 16.3. The Morgan fingerprint density at radius 2 is 0.688 bits per heavy atom. The van der Waals surface area contributed by atoms with Crippen molar-refractivity contribution < 1.29 is 0 Å². The van der Waals surface area contributed by atoms with Gasteiger partial charge in [-0.2, -0.15) is 0 Å². The van der Waals surface area contributed by atoms with Crippen LogP contribution in [-0.4, -0.2) is 19.8 Å². The third-order valence-electron chi connectivity index (χ3n) is 2.34. The minimum absolute atomic E-state index is 0.547. The first-order valence-electron chi connectivity index (χ1n) is 6.62. The van der Waals surface area contributed by atoms with Gasteiger partial charge in [-0.3, -0.25) is 0 Å². The molecule has 1 heteroatoms. The zero-order chi connectivity index (χ0) is 13.2. The van der Waals surface area contributed by atoms with Crippen molar-refractivity contribution >= 4 is 19.8 Å². The van der Waals surface area contributed by atoms with Crippen LogP contribution in [0, 0.1) is 16.2 Å². The van der Waals surface area contributed by atoms with E-state index in [1.54, 1.807) is 13.3 Å². The standard InChI is InChI=1S/3C5H11.Sn/c3*1-5(2,3)4;/h3*1H2,2-4H3;. The molecule has 0 fully saturated rings. The van der Waals surface area contributed by atoms with Crippen LogP contribution in [-0.2, 0) is 0 Å². The summed E-state index contributed by atoms with van der Waals surface area (Å²) in [6.07, 6.45) is 0. The van der Waals surface area contributed by atoms with E-state index in [0.29, 0.717) is 16.2 Å². The molecule has 1 radical (unpaired) electrons. The summed E-state index contributed by atoms with van der Waals surface area (Å²) in [6, 6.07) is 0. The fraction of sp³-hybridized carbons (Fsp3) is 1.00. The monoisotopic (exact) mass is 333 g/mol. The molecule has 0 amide bonds. The normalized spacial score (nSPS) is 14.6. The molecule has 0 N–H and O–H groups in total. The second kappa shape index (κ2) is 5.63. The van der Waals surface area contributed by atoms with E-state index in [0.717, 1.165) is 0 Å². The van der Waals surface area contributed by atoms with Crippen LogP contribution >= 0.6 is 0 Å². The molecule has 16 heavy (non-hydrogen) atoms. The summed E-state index contributed by atoms with van der Waals surface area (Å²) in [5.74, 6) is 0. The Kier molecular flexibility index (Phi) is 5.91. The molecule has 0 aromatic heterocycles. The van der Waals surface area contributed by atoms with E-state index in [-0.39, 0.29) is 0 Å². The SMILES string of the molecule is CC(C)(C)[CH2][Sn]([CH2]C(C)(C)C)[CH2]C(C)(C)C. The van der Waals surface area contributed by atoms with Gasteiger partial charge in [0, 0.05) is 0 Å². The molecule has 97 valence electrons. The summed E-state index contributed by atoms with van der Waals surface area (Å²) in [5, 5.41) is 0. The molecular weight excluding hydrogens is 299 g/mol. The Balaban J connectivity index is 4.53. The fourth-order valence-electron chi connectivity index (χ4n) is 2.44. The van der Waals surface area contributed by atoms with Gasteiger partial charge in [-0.05, 0) is 0 Å². The van der Waals surface area contributed by atoms with Gasteiger partial charge >= 0.3 is 112 Å². The minimum atomic E-state index is -1.22. The van der Waals surface area contributed by atoms with Crippen molar-refractivity contribution in [3.8, 4) is 0 Å². The van der Waals surface area contributed by atoms with Crippen LogP contribution in [0.25, 0.3) is 0 Å². The maximum absolute atomic E-state index is 2.42. The Morgan fingerprint density at radius 1 is 0.500 bits per heavy atom. The van der Waals surface area contributed by atoms with Gasteiger partial charge in [-0.15, -0.1) is 0 Å². The fourth-order valence-corrected chi connectivity index (χ4v) is 16.4. The zero-order valence-electron chi connectivity index (χ0n) is 13.1. The molecule has 0 aliphatic carbocycles. The number of rotatable bonds is 3. The van der Waals surface area contributed by atoms with Gasteiger partial charge in [0.15, 0.2) is 0 Å². The molecule has 0 aromatic carbocycles. The summed E-state index contributed by atoms with van der Waals surface area (Å²) in [5.41, 5.74) is 1.64. The van der Waals surface area contributed by atoms with E-state index >= 15 is 0 Å². The van der Waals surface area contributed by atoms with Crippen molar-refractivity contribution in [1.29, 1.82) is 0 Å². The molecule has 0 saturated heterocycles. The van der Waals surface area contributed by atoms with Crippen molar-refractivity contribution in [3.05, 3.63) is 0 Å². The molecule has 0 saturated carbocycles. The Morgan fingerprint density at radius 3 is 0.812 bits per heavy atom. The molecule has 0 nitrogen and oxygen atoms in total. The molecule has 0 spiro atoms. The van der Waals surface area contributed by atoms with Crippen LogP contribution in [0.2, 0.25) is 13.3 Å². The van der Waals surface area contributed by atoms with E-state index < -0.39 is 19.8 Å². The Bertz CT molecular complexity index is 159. The van der Waals surface area contributed by atoms with Crippen LogP contribution in [0.3, 0.4) is 0 Å². The summed E-state index contributed by atoms with van der Waals surface area (Å²) in [6.45, 7) is 21.7. The van der Waals surface area contributed by atoms with Crippen LogP contribution in [0.4, 0.5) is 0 Å². The van der Waals surface area contributed by atoms with Gasteiger partial charge in [0.25, 0.3) is 0 Å². The molecule has 0 bridgehead atoms. The second-order valence-electron chi connectivity index (χ2n) is 8.96. The molecule has 0 rings (SSSR count). The van der Waals surface area contributed by atoms with Crippen molar-refractivity contribution in [2.45, 2.75) is 75.6 Å². The Hall–Kier alpha value is 0.799. The van der Waals surface area contributed by atoms with Gasteiger partial charge in [0.1, 0.15) is 0 Å². The third kappa shape index (κ3) is 11.3. The molecular formula is C15H33Sn. The van der Waals surface area contributed by atoms with Crippen LogP contribution < -0.4 is 0 Å². The van der Waals surface area contributed by atoms with Gasteiger partial charge in [0.2, 0.25) is 0 Å². The Labute approximate surface area is 111 Å². The summed E-state index contributed by atoms with van der Waals surface area (Å²) in [4.78, 5) is 0. The van der Waals surface area contributed by atoms with Crippen LogP contribution in [0.1, 0.15) is 62.3 Å². The molecule has 0 heterocycles. The van der Waals surface area contributed by atoms with E-state index in [1.165, 1.54) is 0 Å². The van der Waals surface area contributed by atoms with E-state index in [4.69, 9.17) is 0 Å². The zero-order valence-corrected chi connectivity index (χ0v) is 16.0. The maximum atomic E-state index is 2.42. The van der Waals surface area contributed by atoms with Gasteiger partial charge in [-0.1, -0.05) is 0 Å². The molecule has 0 aliphatic rings. The molecule has 0 aromatic rings. The van der Waals surface area contributed by atoms with Gasteiger partial charge in [0.05, 0.1) is 0 Å². The number of hydrogen-bond donors (Lipinski definition) is 0. The summed E-state index contributed by atoms with van der Waals surface area (Å²) in [7, 11) is 0. The van der Waals surface area contributed by atoms with Crippen LogP contribution in [0.5, 0.6) is 0 Å². The van der Waals surface area contributed by atoms with E-state index in [1.807, 2.05) is 0 Å². The van der Waals surface area contributed by atoms with Crippen molar-refractivity contribution in [2.24, 2.45) is 16.2 Å². The number of hydrogen-bond acceptors (Lipinski definition) is 0. The predicted octanol–water partition coefficient (Wildman–Crippen LogP) is 5.62. The first-order chi connectivity index (χ1) is 6.79. The molecule has 0 unspecified atom stereocenters. The van der Waals surface area contributed by atoms with Gasteiger partial charge in [-0.25, -0.2) is 0 Å². The average Bonchev–Trinajstić information content (AvgIpc) is 1.70. The average molecular weight is 332 g/mol. The first kappa shape index (κ1) is 16.8. The summed E-state index contributed by atoms with van der Waals surface area (Å²) < 4.78 is 4.64. The quantitative estimate of drug-likeness (QED) is 0.589. The van der Waals surface area contributed by atoms with Gasteiger partial charge < -0.3 is 0 Å². The first-order valence-corrected chi connectivity index (χ1v) is 12.7. The molecule has 0 aliphatic heterocycles. The van der Waals surface area contributed by atoms with Crippen LogP contribution in [0.15, 0.2) is 0 Å². The van der Waals surface area contributed by atoms with Crippen molar-refractivity contribution in [3.63, 3.8) is 0 Å². The van der Waals surface area contributed by atoms with E-state index in [2.05, 4.69) is 62.3 Å². The van der Waals surface area contributed by atoms with Crippen molar-refractivity contribution in [1.82, 2.24) is 0 Å². The summed E-state index contributed by atoms with van der Waals surface area (Å²) >= 11 is -1.22. The molecule has 0 atom stereocenters. The predicted molar refractivity (Wildman–Crippen MR) is 78.5 cm³/mol.